The first kappa shape index (κ1) is 30.2. The van der Waals surface area contributed by atoms with Gasteiger partial charge in [0.25, 0.3) is 0 Å². The summed E-state index contributed by atoms with van der Waals surface area (Å²) < 4.78 is 121. The molecule has 14 heteroatoms. The van der Waals surface area contributed by atoms with Crippen LogP contribution in [-0.4, -0.2) is 23.3 Å². The molecule has 220 valence electrons. The molecule has 1 aliphatic rings. The van der Waals surface area contributed by atoms with Crippen LogP contribution in [0.2, 0.25) is 0 Å². The fourth-order valence-corrected chi connectivity index (χ4v) is 4.64. The Morgan fingerprint density at radius 1 is 0.854 bits per heavy atom. The van der Waals surface area contributed by atoms with Crippen molar-refractivity contribution >= 4 is 11.6 Å². The predicted octanol–water partition coefficient (Wildman–Crippen LogP) is 7.39. The second-order valence-corrected chi connectivity index (χ2v) is 9.88. The summed E-state index contributed by atoms with van der Waals surface area (Å²) in [5.74, 6) is -1.17. The molecule has 2 aromatic carbocycles. The first-order valence-electron chi connectivity index (χ1n) is 12.0. The molecule has 0 bridgehead atoms. The van der Waals surface area contributed by atoms with Crippen LogP contribution in [0.15, 0.2) is 66.9 Å². The van der Waals surface area contributed by atoms with Crippen LogP contribution in [0.1, 0.15) is 48.7 Å². The molecule has 1 amide bonds. The molecule has 5 nitrogen and oxygen atoms in total. The van der Waals surface area contributed by atoms with E-state index in [0.29, 0.717) is 5.56 Å². The number of amides is 1. The van der Waals surface area contributed by atoms with E-state index in [4.69, 9.17) is 0 Å². The van der Waals surface area contributed by atoms with Crippen molar-refractivity contribution in [2.45, 2.75) is 56.6 Å². The standard InChI is InChI=1S/C27H22F9N3O2/c1-24(2,17-6-11-22(37-14-17)26(31,32)33)38-20-13-21(15-4-3-5-16(12-15)25(28,29)30)39(23(20)40)18-7-9-19(10-8-18)41-27(34,35)36/h3-12,14,20-21,38H,13H2,1-2H3/t20-,21-/m0/s1. The lowest BCUT2D eigenvalue weighted by Crippen LogP contribution is -2.47. The van der Waals surface area contributed by atoms with Crippen LogP contribution in [0.3, 0.4) is 0 Å². The van der Waals surface area contributed by atoms with E-state index in [0.717, 1.165) is 36.5 Å². The zero-order valence-corrected chi connectivity index (χ0v) is 21.3. The average Bonchev–Trinajstić information content (AvgIpc) is 3.18. The van der Waals surface area contributed by atoms with Crippen LogP contribution in [-0.2, 0) is 22.7 Å². The van der Waals surface area contributed by atoms with Crippen molar-refractivity contribution in [2.75, 3.05) is 4.90 Å². The lowest BCUT2D eigenvalue weighted by atomic mass is 9.93. The quantitative estimate of drug-likeness (QED) is 0.304. The highest BCUT2D eigenvalue weighted by molar-refractivity contribution is 6.00. The van der Waals surface area contributed by atoms with E-state index in [2.05, 4.69) is 15.0 Å². The molecule has 1 N–H and O–H groups in total. The summed E-state index contributed by atoms with van der Waals surface area (Å²) in [7, 11) is 0. The smallest absolute Gasteiger partial charge is 0.406 e. The van der Waals surface area contributed by atoms with E-state index in [-0.39, 0.29) is 17.7 Å². The topological polar surface area (TPSA) is 54.5 Å². The minimum Gasteiger partial charge on any atom is -0.406 e. The van der Waals surface area contributed by atoms with E-state index in [9.17, 15) is 44.3 Å². The van der Waals surface area contributed by atoms with E-state index < -0.39 is 59.3 Å². The molecule has 2 atom stereocenters. The number of benzene rings is 2. The zero-order chi connectivity index (χ0) is 30.4. The van der Waals surface area contributed by atoms with Gasteiger partial charge in [-0.25, -0.2) is 0 Å². The molecule has 1 saturated heterocycles. The third-order valence-electron chi connectivity index (χ3n) is 6.56. The van der Waals surface area contributed by atoms with Crippen LogP contribution in [0, 0.1) is 0 Å². The van der Waals surface area contributed by atoms with Crippen molar-refractivity contribution in [3.63, 3.8) is 0 Å². The highest BCUT2D eigenvalue weighted by Gasteiger charge is 2.44. The SMILES string of the molecule is CC(C)(N[C@H]1C[C@@H](c2cccc(C(F)(F)F)c2)N(c2ccc(OC(F)(F)F)cc2)C1=O)c1ccc(C(F)(F)F)nc1. The summed E-state index contributed by atoms with van der Waals surface area (Å²) in [6, 6.07) is 8.62. The molecule has 4 rings (SSSR count). The second-order valence-electron chi connectivity index (χ2n) is 9.88. The van der Waals surface area contributed by atoms with Crippen molar-refractivity contribution < 1.29 is 49.0 Å². The molecule has 0 radical (unpaired) electrons. The molecule has 3 aromatic rings. The van der Waals surface area contributed by atoms with Gasteiger partial charge in [0.15, 0.2) is 0 Å². The molecule has 1 aromatic heterocycles. The normalized spacial score (nSPS) is 18.6. The molecular weight excluding hydrogens is 569 g/mol. The number of alkyl halides is 9. The third-order valence-corrected chi connectivity index (χ3v) is 6.56. The lowest BCUT2D eigenvalue weighted by molar-refractivity contribution is -0.274. The van der Waals surface area contributed by atoms with Crippen molar-refractivity contribution in [1.82, 2.24) is 10.3 Å². The Bertz CT molecular complexity index is 1380. The summed E-state index contributed by atoms with van der Waals surface area (Å²) in [6.07, 6.45) is -13.3. The number of ether oxygens (including phenoxy) is 1. The lowest BCUT2D eigenvalue weighted by Gasteiger charge is -2.30. The molecule has 0 saturated carbocycles. The molecule has 41 heavy (non-hydrogen) atoms. The van der Waals surface area contributed by atoms with Gasteiger partial charge in [0.1, 0.15) is 11.4 Å². The number of pyridine rings is 1. The van der Waals surface area contributed by atoms with E-state index in [1.54, 1.807) is 13.8 Å². The first-order chi connectivity index (χ1) is 18.8. The van der Waals surface area contributed by atoms with Crippen LogP contribution in [0.25, 0.3) is 0 Å². The Hall–Kier alpha value is -3.81. The Morgan fingerprint density at radius 3 is 2.05 bits per heavy atom. The number of halogens is 9. The van der Waals surface area contributed by atoms with Crippen molar-refractivity contribution in [3.05, 3.63) is 89.2 Å². The van der Waals surface area contributed by atoms with Gasteiger partial charge in [0.2, 0.25) is 5.91 Å². The number of rotatable bonds is 6. The summed E-state index contributed by atoms with van der Waals surface area (Å²) in [6.45, 7) is 3.19. The number of anilines is 1. The van der Waals surface area contributed by atoms with Gasteiger partial charge in [-0.15, -0.1) is 13.2 Å². The van der Waals surface area contributed by atoms with Crippen LogP contribution >= 0.6 is 0 Å². The number of nitrogens with zero attached hydrogens (tertiary/aromatic N) is 2. The first-order valence-corrected chi connectivity index (χ1v) is 12.0. The molecule has 1 fully saturated rings. The van der Waals surface area contributed by atoms with Crippen LogP contribution < -0.4 is 15.0 Å². The van der Waals surface area contributed by atoms with E-state index >= 15 is 0 Å². The van der Waals surface area contributed by atoms with Crippen molar-refractivity contribution in [3.8, 4) is 5.75 Å². The second kappa shape index (κ2) is 10.5. The third kappa shape index (κ3) is 6.92. The zero-order valence-electron chi connectivity index (χ0n) is 21.3. The van der Waals surface area contributed by atoms with Crippen LogP contribution in [0.4, 0.5) is 45.2 Å². The minimum absolute atomic E-state index is 0.0571. The highest BCUT2D eigenvalue weighted by Crippen LogP contribution is 2.41. The van der Waals surface area contributed by atoms with Gasteiger partial charge in [-0.05, 0) is 73.9 Å². The number of hydrogen-bond donors (Lipinski definition) is 1. The van der Waals surface area contributed by atoms with Gasteiger partial charge in [-0.3, -0.25) is 15.1 Å². The Kier molecular flexibility index (Phi) is 7.76. The monoisotopic (exact) mass is 591 g/mol. The number of hydrogen-bond acceptors (Lipinski definition) is 4. The maximum Gasteiger partial charge on any atom is 0.573 e. The predicted molar refractivity (Wildman–Crippen MR) is 129 cm³/mol. The Morgan fingerprint density at radius 2 is 1.51 bits per heavy atom. The van der Waals surface area contributed by atoms with Crippen molar-refractivity contribution in [1.29, 1.82) is 0 Å². The Labute approximate surface area is 227 Å². The molecule has 0 unspecified atom stereocenters. The number of aromatic nitrogens is 1. The largest absolute Gasteiger partial charge is 0.573 e. The average molecular weight is 591 g/mol. The van der Waals surface area contributed by atoms with Gasteiger partial charge in [0, 0.05) is 17.4 Å². The number of carbonyl (C=O) groups excluding carboxylic acids is 1. The number of carbonyl (C=O) groups is 1. The van der Waals surface area contributed by atoms with Gasteiger partial charge in [-0.2, -0.15) is 26.3 Å². The summed E-state index contributed by atoms with van der Waals surface area (Å²) in [5, 5.41) is 3.06. The molecule has 1 aliphatic heterocycles. The molecule has 0 spiro atoms. The minimum atomic E-state index is -4.96. The van der Waals surface area contributed by atoms with E-state index in [1.807, 2.05) is 0 Å². The van der Waals surface area contributed by atoms with E-state index in [1.165, 1.54) is 35.2 Å². The van der Waals surface area contributed by atoms with Gasteiger partial charge in [0.05, 0.1) is 17.6 Å². The van der Waals surface area contributed by atoms with Gasteiger partial charge in [-0.1, -0.05) is 18.2 Å². The molecule has 0 aliphatic carbocycles. The summed E-state index contributed by atoms with van der Waals surface area (Å²) in [5.41, 5.74) is -2.64. The molecule has 2 heterocycles. The molecular formula is C27H22F9N3O2. The fourth-order valence-electron chi connectivity index (χ4n) is 4.64. The highest BCUT2D eigenvalue weighted by atomic mass is 19.4. The maximum atomic E-state index is 13.6. The van der Waals surface area contributed by atoms with Crippen LogP contribution in [0.5, 0.6) is 5.75 Å². The fraction of sp³-hybridized carbons (Fsp3) is 0.333. The van der Waals surface area contributed by atoms with Gasteiger partial charge < -0.3 is 9.64 Å². The maximum absolute atomic E-state index is 13.6. The van der Waals surface area contributed by atoms with Gasteiger partial charge >= 0.3 is 18.7 Å². The number of nitrogens with one attached hydrogen (secondary N) is 1. The van der Waals surface area contributed by atoms with Crippen molar-refractivity contribution in [2.24, 2.45) is 0 Å². The summed E-state index contributed by atoms with van der Waals surface area (Å²) >= 11 is 0. The Balaban J connectivity index is 1.68. The summed E-state index contributed by atoms with van der Waals surface area (Å²) in [4.78, 5) is 18.3.